The summed E-state index contributed by atoms with van der Waals surface area (Å²) >= 11 is 1.26. The lowest BCUT2D eigenvalue weighted by Gasteiger charge is -2.27. The molecule has 21 heavy (non-hydrogen) atoms. The molecule has 0 atom stereocenters. The van der Waals surface area contributed by atoms with E-state index in [0.717, 1.165) is 17.7 Å². The molecule has 0 aliphatic carbocycles. The molecule has 0 fully saturated rings. The summed E-state index contributed by atoms with van der Waals surface area (Å²) in [5, 5.41) is 2.88. The highest BCUT2D eigenvalue weighted by molar-refractivity contribution is 8.00. The third-order valence-corrected chi connectivity index (χ3v) is 4.61. The summed E-state index contributed by atoms with van der Waals surface area (Å²) in [5.41, 5.74) is 11.5. The van der Waals surface area contributed by atoms with Gasteiger partial charge < -0.3 is 16.8 Å². The van der Waals surface area contributed by atoms with E-state index >= 15 is 0 Å². The summed E-state index contributed by atoms with van der Waals surface area (Å²) in [6, 6.07) is 7.15. The second kappa shape index (κ2) is 8.05. The number of benzene rings is 1. The van der Waals surface area contributed by atoms with Crippen molar-refractivity contribution in [2.45, 2.75) is 37.1 Å². The lowest BCUT2D eigenvalue weighted by Crippen LogP contribution is -2.49. The van der Waals surface area contributed by atoms with E-state index in [1.807, 2.05) is 19.9 Å². The third-order valence-electron chi connectivity index (χ3n) is 3.51. The van der Waals surface area contributed by atoms with E-state index in [4.69, 9.17) is 11.5 Å². The van der Waals surface area contributed by atoms with Crippen LogP contribution in [0.3, 0.4) is 0 Å². The number of amides is 2. The van der Waals surface area contributed by atoms with Gasteiger partial charge in [-0.05, 0) is 25.0 Å². The zero-order chi connectivity index (χ0) is 15.9. The molecule has 0 unspecified atom stereocenters. The van der Waals surface area contributed by atoms with Crippen molar-refractivity contribution in [2.24, 2.45) is 11.5 Å². The lowest BCUT2D eigenvalue weighted by molar-refractivity contribution is -0.115. The molecular weight excluding hydrogens is 286 g/mol. The fourth-order valence-electron chi connectivity index (χ4n) is 1.78. The molecule has 6 heteroatoms. The van der Waals surface area contributed by atoms with Crippen LogP contribution in [0.1, 0.15) is 37.0 Å². The van der Waals surface area contributed by atoms with Crippen molar-refractivity contribution < 1.29 is 9.59 Å². The van der Waals surface area contributed by atoms with Crippen LogP contribution in [0.5, 0.6) is 0 Å². The summed E-state index contributed by atoms with van der Waals surface area (Å²) in [4.78, 5) is 23.9. The van der Waals surface area contributed by atoms with E-state index in [2.05, 4.69) is 5.32 Å². The smallest absolute Gasteiger partial charge is 0.252 e. The lowest BCUT2D eigenvalue weighted by atomic mass is 9.94. The van der Waals surface area contributed by atoms with Crippen LogP contribution in [0.2, 0.25) is 0 Å². The second-order valence-corrected chi connectivity index (χ2v) is 6.02. The van der Waals surface area contributed by atoms with E-state index in [9.17, 15) is 9.59 Å². The van der Waals surface area contributed by atoms with Gasteiger partial charge in [-0.15, -0.1) is 11.8 Å². The quantitative estimate of drug-likeness (QED) is 0.634. The predicted octanol–water partition coefficient (Wildman–Crippen LogP) is 1.51. The maximum atomic E-state index is 12.3. The third kappa shape index (κ3) is 5.40. The summed E-state index contributed by atoms with van der Waals surface area (Å²) in [6.45, 7) is 4.44. The van der Waals surface area contributed by atoms with Crippen LogP contribution in [0.25, 0.3) is 0 Å². The van der Waals surface area contributed by atoms with Gasteiger partial charge in [-0.2, -0.15) is 0 Å². The Morgan fingerprint density at radius 2 is 1.86 bits per heavy atom. The first kappa shape index (κ1) is 17.5. The largest absolute Gasteiger partial charge is 0.369 e. The van der Waals surface area contributed by atoms with E-state index in [-0.39, 0.29) is 17.2 Å². The maximum Gasteiger partial charge on any atom is 0.252 e. The molecule has 0 aliphatic rings. The predicted molar refractivity (Wildman–Crippen MR) is 86.2 cm³/mol. The Bertz CT molecular complexity index is 501. The van der Waals surface area contributed by atoms with Crippen LogP contribution >= 0.6 is 11.8 Å². The second-order valence-electron chi connectivity index (χ2n) is 5.00. The molecule has 116 valence electrons. The van der Waals surface area contributed by atoms with Crippen molar-refractivity contribution in [1.29, 1.82) is 0 Å². The molecule has 5 N–H and O–H groups in total. The van der Waals surface area contributed by atoms with Gasteiger partial charge in [0.25, 0.3) is 5.91 Å². The fraction of sp³-hybridized carbons (Fsp3) is 0.467. The first-order chi connectivity index (χ1) is 9.91. The highest BCUT2D eigenvalue weighted by Gasteiger charge is 2.22. The van der Waals surface area contributed by atoms with Crippen LogP contribution in [-0.4, -0.2) is 29.7 Å². The van der Waals surface area contributed by atoms with Gasteiger partial charge in [0.2, 0.25) is 5.91 Å². The van der Waals surface area contributed by atoms with Gasteiger partial charge in [0.05, 0.1) is 11.3 Å². The van der Waals surface area contributed by atoms with Gasteiger partial charge in [-0.3, -0.25) is 9.59 Å². The molecule has 2 amide bonds. The molecule has 5 nitrogen and oxygen atoms in total. The average Bonchev–Trinajstić information content (AvgIpc) is 2.50. The molecule has 1 aromatic rings. The van der Waals surface area contributed by atoms with Gasteiger partial charge in [-0.1, -0.05) is 26.0 Å². The van der Waals surface area contributed by atoms with Crippen molar-refractivity contribution >= 4 is 23.6 Å². The molecule has 0 bridgehead atoms. The molecule has 0 saturated heterocycles. The molecule has 0 heterocycles. The van der Waals surface area contributed by atoms with Crippen LogP contribution < -0.4 is 16.8 Å². The number of carbonyl (C=O) groups is 2. The molecule has 0 aliphatic heterocycles. The van der Waals surface area contributed by atoms with Gasteiger partial charge in [-0.25, -0.2) is 0 Å². The molecule has 1 aromatic carbocycles. The first-order valence-electron chi connectivity index (χ1n) is 6.99. The number of nitrogens with two attached hydrogens (primary N) is 2. The standard InChI is InChI=1S/C15H23N3O2S/c1-3-15(17,4-2)10-18-14(20)11-7-5-6-8-12(11)21-9-13(16)19/h5-8H,3-4,9-10,17H2,1-2H3,(H2,16,19)(H,18,20). The number of carbonyl (C=O) groups excluding carboxylic acids is 2. The van der Waals surface area contributed by atoms with Crippen molar-refractivity contribution in [3.8, 4) is 0 Å². The minimum absolute atomic E-state index is 0.148. The van der Waals surface area contributed by atoms with Gasteiger partial charge >= 0.3 is 0 Å². The van der Waals surface area contributed by atoms with Crippen molar-refractivity contribution in [3.05, 3.63) is 29.8 Å². The molecular formula is C15H23N3O2S. The van der Waals surface area contributed by atoms with E-state index in [0.29, 0.717) is 12.1 Å². The highest BCUT2D eigenvalue weighted by Crippen LogP contribution is 2.22. The fourth-order valence-corrected chi connectivity index (χ4v) is 2.57. The highest BCUT2D eigenvalue weighted by atomic mass is 32.2. The van der Waals surface area contributed by atoms with Crippen LogP contribution in [0, 0.1) is 0 Å². The minimum Gasteiger partial charge on any atom is -0.369 e. The average molecular weight is 309 g/mol. The van der Waals surface area contributed by atoms with Crippen molar-refractivity contribution in [1.82, 2.24) is 5.32 Å². The van der Waals surface area contributed by atoms with Gasteiger partial charge in [0.15, 0.2) is 0 Å². The summed E-state index contributed by atoms with van der Waals surface area (Å²) in [7, 11) is 0. The Morgan fingerprint density at radius 3 is 2.43 bits per heavy atom. The van der Waals surface area contributed by atoms with E-state index in [1.165, 1.54) is 11.8 Å². The Hall–Kier alpha value is -1.53. The topological polar surface area (TPSA) is 98.2 Å². The number of thioether (sulfide) groups is 1. The summed E-state index contributed by atoms with van der Waals surface area (Å²) in [5.74, 6) is -0.442. The molecule has 0 radical (unpaired) electrons. The number of hydrogen-bond acceptors (Lipinski definition) is 4. The molecule has 0 aromatic heterocycles. The normalized spacial score (nSPS) is 11.2. The summed E-state index contributed by atoms with van der Waals surface area (Å²) in [6.07, 6.45) is 1.59. The molecule has 1 rings (SSSR count). The zero-order valence-electron chi connectivity index (χ0n) is 12.5. The van der Waals surface area contributed by atoms with Crippen LogP contribution in [0.15, 0.2) is 29.2 Å². The number of hydrogen-bond donors (Lipinski definition) is 3. The Kier molecular flexibility index (Phi) is 6.71. The number of rotatable bonds is 8. The van der Waals surface area contributed by atoms with Gasteiger partial charge in [0.1, 0.15) is 0 Å². The summed E-state index contributed by atoms with van der Waals surface area (Å²) < 4.78 is 0. The van der Waals surface area contributed by atoms with Gasteiger partial charge in [0, 0.05) is 17.0 Å². The number of primary amides is 1. The number of nitrogens with one attached hydrogen (secondary N) is 1. The molecule has 0 saturated carbocycles. The minimum atomic E-state index is -0.409. The zero-order valence-corrected chi connectivity index (χ0v) is 13.3. The monoisotopic (exact) mass is 309 g/mol. The van der Waals surface area contributed by atoms with Crippen molar-refractivity contribution in [3.63, 3.8) is 0 Å². The van der Waals surface area contributed by atoms with Crippen molar-refractivity contribution in [2.75, 3.05) is 12.3 Å². The maximum absolute atomic E-state index is 12.3. The van der Waals surface area contributed by atoms with E-state index < -0.39 is 5.91 Å². The van der Waals surface area contributed by atoms with E-state index in [1.54, 1.807) is 18.2 Å². The SMILES string of the molecule is CCC(N)(CC)CNC(=O)c1ccccc1SCC(N)=O. The Labute approximate surface area is 129 Å². The Balaban J connectivity index is 2.76. The molecule has 0 spiro atoms. The van der Waals surface area contributed by atoms with Crippen LogP contribution in [-0.2, 0) is 4.79 Å². The first-order valence-corrected chi connectivity index (χ1v) is 7.97. The Morgan fingerprint density at radius 1 is 1.24 bits per heavy atom. The van der Waals surface area contributed by atoms with Crippen LogP contribution in [0.4, 0.5) is 0 Å².